The highest BCUT2D eigenvalue weighted by Crippen LogP contribution is 2.18. The van der Waals surface area contributed by atoms with Crippen LogP contribution in [0.25, 0.3) is 11.3 Å². The maximum absolute atomic E-state index is 12.8. The first-order valence-corrected chi connectivity index (χ1v) is 12.0. The second-order valence-electron chi connectivity index (χ2n) is 8.17. The second-order valence-corrected chi connectivity index (χ2v) is 8.17. The van der Waals surface area contributed by atoms with E-state index in [1.807, 2.05) is 54.8 Å². The van der Waals surface area contributed by atoms with Gasteiger partial charge in [0.05, 0.1) is 50.9 Å². The molecule has 0 atom stereocenters. The number of fused-ring (bicyclic) bond motifs is 1. The number of hydrogen-bond acceptors (Lipinski definition) is 8. The van der Waals surface area contributed by atoms with Crippen molar-refractivity contribution < 1.29 is 19.0 Å². The van der Waals surface area contributed by atoms with Crippen LogP contribution in [0.4, 0.5) is 5.69 Å². The summed E-state index contributed by atoms with van der Waals surface area (Å²) in [5.41, 5.74) is 16.7. The average Bonchev–Trinajstić information content (AvgIpc) is 3.29. The molecule has 0 bridgehead atoms. The molecule has 0 spiro atoms. The average molecular weight is 497 g/mol. The van der Waals surface area contributed by atoms with Crippen molar-refractivity contribution in [1.29, 1.82) is 0 Å². The highest BCUT2D eigenvalue weighted by atomic mass is 16.5. The highest BCUT2D eigenvalue weighted by molar-refractivity contribution is 6.08. The lowest BCUT2D eigenvalue weighted by molar-refractivity contribution is 0.0169. The van der Waals surface area contributed by atoms with Gasteiger partial charge in [0.15, 0.2) is 0 Å². The SMILES string of the molecule is Cc1cc(C)n2ccc(C(=O)Nc3ccc(/C(N)=C/NCCOCCOCCOCCN)cc3)c2n1. The van der Waals surface area contributed by atoms with E-state index in [-0.39, 0.29) is 5.91 Å². The van der Waals surface area contributed by atoms with E-state index in [0.29, 0.717) is 75.3 Å². The number of aryl methyl sites for hydroxylation is 2. The van der Waals surface area contributed by atoms with Gasteiger partial charge in [0.2, 0.25) is 0 Å². The Bertz CT molecular complexity index is 1140. The van der Waals surface area contributed by atoms with Gasteiger partial charge in [-0.2, -0.15) is 0 Å². The molecule has 10 nitrogen and oxygen atoms in total. The zero-order chi connectivity index (χ0) is 25.8. The molecule has 0 saturated carbocycles. The zero-order valence-corrected chi connectivity index (χ0v) is 21.0. The quantitative estimate of drug-likeness (QED) is 0.235. The number of nitrogens with two attached hydrogens (primary N) is 2. The normalized spacial score (nSPS) is 11.7. The standard InChI is InChI=1S/C26H36N6O4/c1-19-17-20(2)32-10-7-23(25(32)30-19)26(33)31-22-5-3-21(4-6-22)24(28)18-29-9-12-35-14-16-36-15-13-34-11-8-27/h3-7,10,17-18,29H,8-9,11-16,27-28H2,1-2H3,(H,31,33)/b24-18-. The molecule has 2 aromatic heterocycles. The predicted molar refractivity (Wildman–Crippen MR) is 141 cm³/mol. The lowest BCUT2D eigenvalue weighted by atomic mass is 10.1. The summed E-state index contributed by atoms with van der Waals surface area (Å²) in [5, 5.41) is 6.06. The number of benzene rings is 1. The van der Waals surface area contributed by atoms with E-state index in [2.05, 4.69) is 15.6 Å². The van der Waals surface area contributed by atoms with E-state index in [1.54, 1.807) is 12.3 Å². The number of carbonyl (C=O) groups is 1. The Morgan fingerprint density at radius 1 is 1.00 bits per heavy atom. The third kappa shape index (κ3) is 8.06. The zero-order valence-electron chi connectivity index (χ0n) is 21.0. The van der Waals surface area contributed by atoms with Crippen LogP contribution in [-0.4, -0.2) is 68.0 Å². The number of rotatable bonds is 15. The van der Waals surface area contributed by atoms with Crippen LogP contribution in [0, 0.1) is 13.8 Å². The summed E-state index contributed by atoms with van der Waals surface area (Å²) in [4.78, 5) is 17.3. The molecule has 0 radical (unpaired) electrons. The van der Waals surface area contributed by atoms with Crippen molar-refractivity contribution in [2.75, 3.05) is 58.0 Å². The fourth-order valence-corrected chi connectivity index (χ4v) is 3.54. The summed E-state index contributed by atoms with van der Waals surface area (Å²) in [6, 6.07) is 11.1. The lowest BCUT2D eigenvalue weighted by Crippen LogP contribution is -2.18. The molecule has 3 rings (SSSR count). The summed E-state index contributed by atoms with van der Waals surface area (Å²) in [6.07, 6.45) is 3.60. The fourth-order valence-electron chi connectivity index (χ4n) is 3.54. The molecule has 3 aromatic rings. The van der Waals surface area contributed by atoms with Gasteiger partial charge in [0.25, 0.3) is 5.91 Å². The summed E-state index contributed by atoms with van der Waals surface area (Å²) in [5.74, 6) is -0.210. The molecular weight excluding hydrogens is 460 g/mol. The van der Waals surface area contributed by atoms with Crippen molar-refractivity contribution in [3.63, 3.8) is 0 Å². The molecule has 36 heavy (non-hydrogen) atoms. The number of nitrogens with zero attached hydrogens (tertiary/aromatic N) is 2. The first-order valence-electron chi connectivity index (χ1n) is 12.0. The van der Waals surface area contributed by atoms with Crippen LogP contribution < -0.4 is 22.1 Å². The van der Waals surface area contributed by atoms with Gasteiger partial charge in [-0.05, 0) is 43.7 Å². The van der Waals surface area contributed by atoms with E-state index in [1.165, 1.54) is 0 Å². The number of hydrogen-bond donors (Lipinski definition) is 4. The van der Waals surface area contributed by atoms with Crippen LogP contribution >= 0.6 is 0 Å². The summed E-state index contributed by atoms with van der Waals surface area (Å²) < 4.78 is 18.0. The van der Waals surface area contributed by atoms with Crippen molar-refractivity contribution >= 4 is 22.9 Å². The summed E-state index contributed by atoms with van der Waals surface area (Å²) in [6.45, 7) is 8.22. The topological polar surface area (TPSA) is 138 Å². The molecule has 0 saturated heterocycles. The lowest BCUT2D eigenvalue weighted by Gasteiger charge is -2.09. The molecule has 6 N–H and O–H groups in total. The van der Waals surface area contributed by atoms with Crippen LogP contribution in [-0.2, 0) is 14.2 Å². The molecule has 0 aliphatic heterocycles. The third-order valence-corrected chi connectivity index (χ3v) is 5.31. The van der Waals surface area contributed by atoms with E-state index < -0.39 is 0 Å². The number of carbonyl (C=O) groups excluding carboxylic acids is 1. The molecule has 0 aliphatic carbocycles. The van der Waals surface area contributed by atoms with Crippen LogP contribution in [0.1, 0.15) is 27.3 Å². The second kappa shape index (κ2) is 14.2. The number of ether oxygens (including phenoxy) is 3. The molecule has 194 valence electrons. The number of nitrogens with one attached hydrogen (secondary N) is 2. The number of anilines is 1. The molecule has 2 heterocycles. The van der Waals surface area contributed by atoms with Gasteiger partial charge in [-0.1, -0.05) is 12.1 Å². The summed E-state index contributed by atoms with van der Waals surface area (Å²) in [7, 11) is 0. The minimum Gasteiger partial charge on any atom is -0.397 e. The van der Waals surface area contributed by atoms with E-state index in [0.717, 1.165) is 17.0 Å². The van der Waals surface area contributed by atoms with Crippen molar-refractivity contribution in [2.45, 2.75) is 13.8 Å². The van der Waals surface area contributed by atoms with Gasteiger partial charge >= 0.3 is 0 Å². The smallest absolute Gasteiger partial charge is 0.259 e. The molecule has 1 amide bonds. The first kappa shape index (κ1) is 27.2. The Morgan fingerprint density at radius 3 is 2.36 bits per heavy atom. The van der Waals surface area contributed by atoms with Gasteiger partial charge in [-0.25, -0.2) is 4.98 Å². The highest BCUT2D eigenvalue weighted by Gasteiger charge is 2.14. The molecular formula is C26H36N6O4. The van der Waals surface area contributed by atoms with Gasteiger partial charge in [-0.15, -0.1) is 0 Å². The largest absolute Gasteiger partial charge is 0.397 e. The minimum absolute atomic E-state index is 0.210. The van der Waals surface area contributed by atoms with Gasteiger partial charge in [0.1, 0.15) is 5.65 Å². The number of amides is 1. The molecule has 0 aliphatic rings. The Hall–Kier alpha value is -3.44. The van der Waals surface area contributed by atoms with Gasteiger partial charge in [-0.3, -0.25) is 4.79 Å². The van der Waals surface area contributed by atoms with Crippen molar-refractivity contribution in [3.05, 3.63) is 71.3 Å². The molecule has 1 aromatic carbocycles. The monoisotopic (exact) mass is 496 g/mol. The Balaban J connectivity index is 1.39. The molecule has 10 heteroatoms. The number of aromatic nitrogens is 2. The van der Waals surface area contributed by atoms with E-state index >= 15 is 0 Å². The Morgan fingerprint density at radius 2 is 1.67 bits per heavy atom. The minimum atomic E-state index is -0.210. The third-order valence-electron chi connectivity index (χ3n) is 5.31. The predicted octanol–water partition coefficient (Wildman–Crippen LogP) is 2.06. The van der Waals surface area contributed by atoms with Gasteiger partial charge in [0, 0.05) is 42.6 Å². The van der Waals surface area contributed by atoms with E-state index in [9.17, 15) is 4.79 Å². The van der Waals surface area contributed by atoms with Crippen LogP contribution in [0.3, 0.4) is 0 Å². The fraction of sp³-hybridized carbons (Fsp3) is 0.385. The Kier molecular flexibility index (Phi) is 10.7. The van der Waals surface area contributed by atoms with Crippen molar-refractivity contribution in [3.8, 4) is 0 Å². The Labute approximate surface area is 211 Å². The first-order chi connectivity index (χ1) is 17.5. The van der Waals surface area contributed by atoms with E-state index in [4.69, 9.17) is 25.7 Å². The van der Waals surface area contributed by atoms with Crippen molar-refractivity contribution in [2.24, 2.45) is 11.5 Å². The molecule has 0 unspecified atom stereocenters. The maximum atomic E-state index is 12.8. The van der Waals surface area contributed by atoms with Crippen LogP contribution in [0.2, 0.25) is 0 Å². The van der Waals surface area contributed by atoms with Crippen molar-refractivity contribution in [1.82, 2.24) is 14.7 Å². The van der Waals surface area contributed by atoms with Crippen LogP contribution in [0.15, 0.2) is 48.8 Å². The molecule has 0 fully saturated rings. The maximum Gasteiger partial charge on any atom is 0.259 e. The van der Waals surface area contributed by atoms with Gasteiger partial charge < -0.3 is 40.7 Å². The van der Waals surface area contributed by atoms with Crippen LogP contribution in [0.5, 0.6) is 0 Å². The summed E-state index contributed by atoms with van der Waals surface area (Å²) >= 11 is 0.